The van der Waals surface area contributed by atoms with Crippen LogP contribution in [0.2, 0.25) is 0 Å². The van der Waals surface area contributed by atoms with Crippen molar-refractivity contribution in [2.45, 2.75) is 25.8 Å². The van der Waals surface area contributed by atoms with Crippen LogP contribution in [0.1, 0.15) is 25.3 Å². The van der Waals surface area contributed by atoms with Crippen molar-refractivity contribution >= 4 is 11.9 Å². The van der Waals surface area contributed by atoms with Gasteiger partial charge in [-0.1, -0.05) is 42.5 Å². The molecule has 2 N–H and O–H groups in total. The highest BCUT2D eigenvalue weighted by Gasteiger charge is 2.21. The first-order chi connectivity index (χ1) is 10.9. The molecule has 0 aliphatic heterocycles. The Morgan fingerprint density at radius 2 is 1.74 bits per heavy atom. The largest absolute Gasteiger partial charge is 0.480 e. The molecule has 0 saturated carbocycles. The van der Waals surface area contributed by atoms with Crippen molar-refractivity contribution in [1.29, 1.82) is 0 Å². The number of carbonyl (C=O) groups excluding carboxylic acids is 1. The Labute approximate surface area is 134 Å². The monoisotopic (exact) mass is 315 g/mol. The average molecular weight is 315 g/mol. The summed E-state index contributed by atoms with van der Waals surface area (Å²) in [5.41, 5.74) is 1.71. The summed E-state index contributed by atoms with van der Waals surface area (Å²) in [5.74, 6) is -2.63. The third kappa shape index (κ3) is 3.94. The predicted molar refractivity (Wildman–Crippen MR) is 85.5 cm³/mol. The van der Waals surface area contributed by atoms with E-state index in [1.807, 2.05) is 30.3 Å². The van der Waals surface area contributed by atoms with Gasteiger partial charge in [0.15, 0.2) is 0 Å². The van der Waals surface area contributed by atoms with E-state index in [1.54, 1.807) is 19.1 Å². The number of rotatable bonds is 5. The highest BCUT2D eigenvalue weighted by molar-refractivity contribution is 5.87. The van der Waals surface area contributed by atoms with Gasteiger partial charge in [0.05, 0.1) is 5.92 Å². The molecule has 0 saturated heterocycles. The third-order valence-corrected chi connectivity index (χ3v) is 3.70. The minimum Gasteiger partial charge on any atom is -0.480 e. The summed E-state index contributed by atoms with van der Waals surface area (Å²) in [6, 6.07) is 12.8. The molecule has 2 atom stereocenters. The number of carboxylic acid groups (broad SMARTS) is 1. The quantitative estimate of drug-likeness (QED) is 0.890. The van der Waals surface area contributed by atoms with E-state index in [0.717, 1.165) is 5.56 Å². The molecular formula is C18H18FNO3. The van der Waals surface area contributed by atoms with E-state index in [1.165, 1.54) is 13.0 Å². The smallest absolute Gasteiger partial charge is 0.325 e. The van der Waals surface area contributed by atoms with Crippen LogP contribution in [0.15, 0.2) is 48.5 Å². The molecule has 1 amide bonds. The molecule has 0 heterocycles. The van der Waals surface area contributed by atoms with Crippen molar-refractivity contribution in [3.63, 3.8) is 0 Å². The van der Waals surface area contributed by atoms with Crippen molar-refractivity contribution in [1.82, 2.24) is 5.32 Å². The zero-order valence-corrected chi connectivity index (χ0v) is 12.9. The molecule has 2 aromatic carbocycles. The van der Waals surface area contributed by atoms with Crippen molar-refractivity contribution in [2.24, 2.45) is 0 Å². The molecule has 0 radical (unpaired) electrons. The maximum Gasteiger partial charge on any atom is 0.325 e. The second-order valence-corrected chi connectivity index (χ2v) is 5.40. The van der Waals surface area contributed by atoms with Gasteiger partial charge >= 0.3 is 5.97 Å². The fourth-order valence-corrected chi connectivity index (χ4v) is 2.20. The highest BCUT2D eigenvalue weighted by atomic mass is 19.1. The lowest BCUT2D eigenvalue weighted by Crippen LogP contribution is -2.40. The Morgan fingerprint density at radius 3 is 2.30 bits per heavy atom. The maximum atomic E-state index is 14.3. The molecule has 0 spiro atoms. The first-order valence-electron chi connectivity index (χ1n) is 7.28. The first-order valence-corrected chi connectivity index (χ1v) is 7.28. The predicted octanol–water partition coefficient (Wildman–Crippen LogP) is 3.19. The Hall–Kier alpha value is -2.69. The number of carboxylic acids is 1. The zero-order chi connectivity index (χ0) is 17.0. The van der Waals surface area contributed by atoms with Gasteiger partial charge < -0.3 is 10.4 Å². The van der Waals surface area contributed by atoms with Crippen LogP contribution in [-0.2, 0) is 9.59 Å². The molecule has 5 heteroatoms. The number of hydrogen-bond acceptors (Lipinski definition) is 2. The number of nitrogens with one attached hydrogen (secondary N) is 1. The molecule has 0 aromatic heterocycles. The van der Waals surface area contributed by atoms with Gasteiger partial charge in [0.2, 0.25) is 5.91 Å². The number of halogens is 1. The molecule has 0 fully saturated rings. The molecule has 23 heavy (non-hydrogen) atoms. The Morgan fingerprint density at radius 1 is 1.09 bits per heavy atom. The zero-order valence-electron chi connectivity index (χ0n) is 12.9. The summed E-state index contributed by atoms with van der Waals surface area (Å²) in [7, 11) is 0. The topological polar surface area (TPSA) is 66.4 Å². The summed E-state index contributed by atoms with van der Waals surface area (Å²) < 4.78 is 14.3. The molecule has 2 rings (SSSR count). The van der Waals surface area contributed by atoms with Gasteiger partial charge in [-0.3, -0.25) is 9.59 Å². The molecule has 0 bridgehead atoms. The SMILES string of the molecule is CC(C(=O)N[C@@H](C)C(=O)O)c1ccc(-c2ccccc2)c(F)c1. The first kappa shape index (κ1) is 16.7. The number of amides is 1. The normalized spacial score (nSPS) is 13.2. The number of benzene rings is 2. The van der Waals surface area contributed by atoms with Crippen LogP contribution in [0.5, 0.6) is 0 Å². The minimum atomic E-state index is -1.11. The van der Waals surface area contributed by atoms with Crippen LogP contribution in [0.3, 0.4) is 0 Å². The van der Waals surface area contributed by atoms with E-state index < -0.39 is 29.7 Å². The second-order valence-electron chi connectivity index (χ2n) is 5.40. The van der Waals surface area contributed by atoms with Crippen LogP contribution < -0.4 is 5.32 Å². The van der Waals surface area contributed by atoms with E-state index in [0.29, 0.717) is 11.1 Å². The fourth-order valence-electron chi connectivity index (χ4n) is 2.20. The lowest BCUT2D eigenvalue weighted by molar-refractivity contribution is -0.141. The number of hydrogen-bond donors (Lipinski definition) is 2. The summed E-state index contributed by atoms with van der Waals surface area (Å²) in [5, 5.41) is 11.2. The summed E-state index contributed by atoms with van der Waals surface area (Å²) in [4.78, 5) is 22.8. The van der Waals surface area contributed by atoms with Gasteiger partial charge in [0.25, 0.3) is 0 Å². The van der Waals surface area contributed by atoms with E-state index >= 15 is 0 Å². The van der Waals surface area contributed by atoms with Crippen molar-refractivity contribution in [3.05, 3.63) is 59.9 Å². The Bertz CT molecular complexity index is 715. The Balaban J connectivity index is 2.20. The van der Waals surface area contributed by atoms with Gasteiger partial charge in [-0.25, -0.2) is 4.39 Å². The minimum absolute atomic E-state index is 0.417. The van der Waals surface area contributed by atoms with Crippen LogP contribution in [-0.4, -0.2) is 23.0 Å². The van der Waals surface area contributed by atoms with Gasteiger partial charge in [0, 0.05) is 5.56 Å². The molecule has 0 aliphatic carbocycles. The van der Waals surface area contributed by atoms with Crippen molar-refractivity contribution in [3.8, 4) is 11.1 Å². The van der Waals surface area contributed by atoms with Gasteiger partial charge in [-0.05, 0) is 31.0 Å². The second kappa shape index (κ2) is 7.05. The fraction of sp³-hybridized carbons (Fsp3) is 0.222. The maximum absolute atomic E-state index is 14.3. The average Bonchev–Trinajstić information content (AvgIpc) is 2.54. The Kier molecular flexibility index (Phi) is 5.11. The lowest BCUT2D eigenvalue weighted by Gasteiger charge is -2.16. The standard InChI is InChI=1S/C18H18FNO3/c1-11(17(21)20-12(2)18(22)23)14-8-9-15(16(19)10-14)13-6-4-3-5-7-13/h3-12H,1-2H3,(H,20,21)(H,22,23)/t11?,12-/m0/s1. The van der Waals surface area contributed by atoms with Crippen molar-refractivity contribution in [2.75, 3.05) is 0 Å². The van der Waals surface area contributed by atoms with E-state index in [4.69, 9.17) is 5.11 Å². The van der Waals surface area contributed by atoms with E-state index in [-0.39, 0.29) is 0 Å². The van der Waals surface area contributed by atoms with Crippen LogP contribution >= 0.6 is 0 Å². The summed E-state index contributed by atoms with van der Waals surface area (Å²) in [6.07, 6.45) is 0. The molecule has 0 aliphatic rings. The molecule has 2 aromatic rings. The van der Waals surface area contributed by atoms with Crippen LogP contribution in [0, 0.1) is 5.82 Å². The summed E-state index contributed by atoms with van der Waals surface area (Å²) in [6.45, 7) is 2.99. The van der Waals surface area contributed by atoms with E-state index in [9.17, 15) is 14.0 Å². The van der Waals surface area contributed by atoms with Crippen molar-refractivity contribution < 1.29 is 19.1 Å². The van der Waals surface area contributed by atoms with Gasteiger partial charge in [-0.15, -0.1) is 0 Å². The number of aliphatic carboxylic acids is 1. The molecule has 4 nitrogen and oxygen atoms in total. The van der Waals surface area contributed by atoms with Gasteiger partial charge in [-0.2, -0.15) is 0 Å². The van der Waals surface area contributed by atoms with E-state index in [2.05, 4.69) is 5.32 Å². The van der Waals surface area contributed by atoms with Gasteiger partial charge in [0.1, 0.15) is 11.9 Å². The molecule has 1 unspecified atom stereocenters. The molecule has 120 valence electrons. The third-order valence-electron chi connectivity index (χ3n) is 3.70. The molecular weight excluding hydrogens is 297 g/mol. The van der Waals surface area contributed by atoms with Crippen LogP contribution in [0.25, 0.3) is 11.1 Å². The highest BCUT2D eigenvalue weighted by Crippen LogP contribution is 2.26. The number of carbonyl (C=O) groups is 2. The van der Waals surface area contributed by atoms with Crippen LogP contribution in [0.4, 0.5) is 4.39 Å². The summed E-state index contributed by atoms with van der Waals surface area (Å²) >= 11 is 0. The lowest BCUT2D eigenvalue weighted by atomic mass is 9.96.